The Balaban J connectivity index is 2.14. The second-order valence-corrected chi connectivity index (χ2v) is 5.05. The van der Waals surface area contributed by atoms with Gasteiger partial charge < -0.3 is 14.8 Å². The largest absolute Gasteiger partial charge is 0.489 e. The summed E-state index contributed by atoms with van der Waals surface area (Å²) in [5, 5.41) is 18.4. The highest BCUT2D eigenvalue weighted by Gasteiger charge is 2.14. The first-order valence-corrected chi connectivity index (χ1v) is 6.63. The second kappa shape index (κ2) is 6.12. The average molecular weight is 270 g/mol. The van der Waals surface area contributed by atoms with Crippen molar-refractivity contribution in [2.45, 2.75) is 27.4 Å². The van der Waals surface area contributed by atoms with Crippen molar-refractivity contribution in [3.63, 3.8) is 0 Å². The van der Waals surface area contributed by atoms with Crippen LogP contribution in [0.25, 0.3) is 0 Å². The molecule has 0 bridgehead atoms. The van der Waals surface area contributed by atoms with E-state index in [1.165, 1.54) is 16.7 Å². The first kappa shape index (κ1) is 14.6. The van der Waals surface area contributed by atoms with Crippen LogP contribution in [0.4, 0.5) is 0 Å². The molecule has 0 saturated carbocycles. The van der Waals surface area contributed by atoms with Crippen LogP contribution < -0.4 is 10.2 Å². The van der Waals surface area contributed by atoms with Gasteiger partial charge in [0.1, 0.15) is 12.4 Å². The number of benzene rings is 2. The van der Waals surface area contributed by atoms with Crippen LogP contribution in [0.1, 0.15) is 22.3 Å². The summed E-state index contributed by atoms with van der Waals surface area (Å²) in [5.41, 5.74) is 4.92. The van der Waals surface area contributed by atoms with Crippen molar-refractivity contribution in [3.05, 3.63) is 58.7 Å². The fraction of sp³-hybridized carbons (Fsp3) is 0.250. The Morgan fingerprint density at radius 3 is 2.15 bits per heavy atom. The number of hydrogen-bond acceptors (Lipinski definition) is 3. The summed E-state index contributed by atoms with van der Waals surface area (Å²) in [6.07, 6.45) is 0. The van der Waals surface area contributed by atoms with E-state index in [9.17, 15) is 10.0 Å². The second-order valence-electron chi connectivity index (χ2n) is 5.05. The van der Waals surface area contributed by atoms with Crippen LogP contribution in [-0.4, -0.2) is 17.2 Å². The van der Waals surface area contributed by atoms with Gasteiger partial charge in [-0.2, -0.15) is 0 Å². The van der Waals surface area contributed by atoms with E-state index in [4.69, 9.17) is 4.74 Å². The molecule has 0 spiro atoms. The van der Waals surface area contributed by atoms with E-state index in [1.54, 1.807) is 12.1 Å². The van der Waals surface area contributed by atoms with E-state index >= 15 is 0 Å². The molecule has 0 aliphatic rings. The normalized spacial score (nSPS) is 10.4. The quantitative estimate of drug-likeness (QED) is 0.834. The molecule has 0 radical (unpaired) electrons. The lowest BCUT2D eigenvalue weighted by molar-refractivity contribution is 0.304. The Kier molecular flexibility index (Phi) is 4.48. The van der Waals surface area contributed by atoms with Gasteiger partial charge in [-0.05, 0) is 60.6 Å². The molecule has 0 aliphatic heterocycles. The maximum atomic E-state index is 9.19. The Hall–Kier alpha value is -1.78. The zero-order chi connectivity index (χ0) is 14.7. The molecule has 2 aromatic carbocycles. The predicted octanol–water partition coefficient (Wildman–Crippen LogP) is 1.87. The maximum Gasteiger partial charge on any atom is 0.488 e. The number of ether oxygens (including phenoxy) is 1. The van der Waals surface area contributed by atoms with Crippen molar-refractivity contribution in [1.29, 1.82) is 0 Å². The SMILES string of the molecule is Cc1cc(OCc2c(C)cccc2C)ccc1B(O)O. The van der Waals surface area contributed by atoms with Crippen LogP contribution in [0.3, 0.4) is 0 Å². The van der Waals surface area contributed by atoms with Gasteiger partial charge in [0.2, 0.25) is 0 Å². The monoisotopic (exact) mass is 270 g/mol. The third kappa shape index (κ3) is 3.21. The van der Waals surface area contributed by atoms with Crippen LogP contribution in [0.2, 0.25) is 0 Å². The van der Waals surface area contributed by atoms with Gasteiger partial charge in [0.05, 0.1) is 0 Å². The molecule has 0 heterocycles. The van der Waals surface area contributed by atoms with Gasteiger partial charge in [0.15, 0.2) is 0 Å². The van der Waals surface area contributed by atoms with E-state index in [1.807, 2.05) is 19.1 Å². The van der Waals surface area contributed by atoms with Crippen LogP contribution >= 0.6 is 0 Å². The summed E-state index contributed by atoms with van der Waals surface area (Å²) in [7, 11) is -1.44. The highest BCUT2D eigenvalue weighted by molar-refractivity contribution is 6.59. The van der Waals surface area contributed by atoms with Crippen LogP contribution in [0.5, 0.6) is 5.75 Å². The average Bonchev–Trinajstić information content (AvgIpc) is 2.37. The lowest BCUT2D eigenvalue weighted by Crippen LogP contribution is -2.31. The summed E-state index contributed by atoms with van der Waals surface area (Å²) in [4.78, 5) is 0. The third-order valence-electron chi connectivity index (χ3n) is 3.55. The Morgan fingerprint density at radius 2 is 1.60 bits per heavy atom. The van der Waals surface area contributed by atoms with E-state index in [0.717, 1.165) is 11.3 Å². The first-order valence-electron chi connectivity index (χ1n) is 6.63. The minimum absolute atomic E-state index is 0.504. The van der Waals surface area contributed by atoms with E-state index < -0.39 is 7.12 Å². The zero-order valence-corrected chi connectivity index (χ0v) is 12.1. The van der Waals surface area contributed by atoms with E-state index in [-0.39, 0.29) is 0 Å². The van der Waals surface area contributed by atoms with Crippen LogP contribution in [-0.2, 0) is 6.61 Å². The third-order valence-corrected chi connectivity index (χ3v) is 3.55. The van der Waals surface area contributed by atoms with Crippen molar-refractivity contribution in [2.75, 3.05) is 0 Å². The summed E-state index contributed by atoms with van der Waals surface area (Å²) in [6, 6.07) is 11.4. The lowest BCUT2D eigenvalue weighted by atomic mass is 9.77. The number of aryl methyl sites for hydroxylation is 3. The zero-order valence-electron chi connectivity index (χ0n) is 12.1. The molecule has 3 nitrogen and oxygen atoms in total. The summed E-state index contributed by atoms with van der Waals surface area (Å²) < 4.78 is 5.81. The fourth-order valence-electron chi connectivity index (χ4n) is 2.26. The van der Waals surface area contributed by atoms with Crippen molar-refractivity contribution in [1.82, 2.24) is 0 Å². The van der Waals surface area contributed by atoms with Crippen molar-refractivity contribution in [2.24, 2.45) is 0 Å². The molecular formula is C16H19BO3. The molecule has 0 saturated heterocycles. The highest BCUT2D eigenvalue weighted by Crippen LogP contribution is 2.18. The minimum atomic E-state index is -1.44. The van der Waals surface area contributed by atoms with Crippen molar-refractivity contribution in [3.8, 4) is 5.75 Å². The van der Waals surface area contributed by atoms with Gasteiger partial charge in [-0.15, -0.1) is 0 Å². The number of rotatable bonds is 4. The molecule has 0 atom stereocenters. The highest BCUT2D eigenvalue weighted by atomic mass is 16.5. The molecule has 2 N–H and O–H groups in total. The summed E-state index contributed by atoms with van der Waals surface area (Å²) in [5.74, 6) is 0.731. The molecule has 2 aromatic rings. The standard InChI is InChI=1S/C16H19BO3/c1-11-5-4-6-12(2)15(11)10-20-14-7-8-16(17(18)19)13(3)9-14/h4-9,18-19H,10H2,1-3H3. The van der Waals surface area contributed by atoms with E-state index in [0.29, 0.717) is 12.1 Å². The molecule has 0 aliphatic carbocycles. The first-order chi connectivity index (χ1) is 9.49. The van der Waals surface area contributed by atoms with Gasteiger partial charge in [-0.3, -0.25) is 0 Å². The molecule has 0 unspecified atom stereocenters. The van der Waals surface area contributed by atoms with Crippen LogP contribution in [0, 0.1) is 20.8 Å². The predicted molar refractivity (Wildman–Crippen MR) is 81.3 cm³/mol. The van der Waals surface area contributed by atoms with Gasteiger partial charge in [0, 0.05) is 0 Å². The molecule has 20 heavy (non-hydrogen) atoms. The van der Waals surface area contributed by atoms with Gasteiger partial charge in [-0.25, -0.2) is 0 Å². The smallest absolute Gasteiger partial charge is 0.488 e. The van der Waals surface area contributed by atoms with Gasteiger partial charge >= 0.3 is 7.12 Å². The summed E-state index contributed by atoms with van der Waals surface area (Å²) in [6.45, 7) is 6.49. The molecule has 0 fully saturated rings. The Labute approximate surface area is 120 Å². The van der Waals surface area contributed by atoms with Gasteiger partial charge in [0.25, 0.3) is 0 Å². The minimum Gasteiger partial charge on any atom is -0.489 e. The molecule has 2 rings (SSSR count). The van der Waals surface area contributed by atoms with Crippen molar-refractivity contribution >= 4 is 12.6 Å². The van der Waals surface area contributed by atoms with Gasteiger partial charge in [-0.1, -0.05) is 24.3 Å². The molecular weight excluding hydrogens is 251 g/mol. The summed E-state index contributed by atoms with van der Waals surface area (Å²) >= 11 is 0. The number of hydrogen-bond donors (Lipinski definition) is 2. The fourth-order valence-corrected chi connectivity index (χ4v) is 2.26. The lowest BCUT2D eigenvalue weighted by Gasteiger charge is -2.13. The molecule has 104 valence electrons. The topological polar surface area (TPSA) is 49.7 Å². The maximum absolute atomic E-state index is 9.19. The van der Waals surface area contributed by atoms with Crippen LogP contribution in [0.15, 0.2) is 36.4 Å². The Morgan fingerprint density at radius 1 is 0.950 bits per heavy atom. The van der Waals surface area contributed by atoms with E-state index in [2.05, 4.69) is 26.0 Å². The molecule has 4 heteroatoms. The molecule has 0 amide bonds. The Bertz CT molecular complexity index is 588. The molecule has 0 aromatic heterocycles. The van der Waals surface area contributed by atoms with Crippen molar-refractivity contribution < 1.29 is 14.8 Å².